The molecule has 1 atom stereocenters. The van der Waals surface area contributed by atoms with Crippen LogP contribution in [-0.2, 0) is 19.3 Å². The second kappa shape index (κ2) is 8.37. The van der Waals surface area contributed by atoms with Crippen molar-refractivity contribution in [3.63, 3.8) is 0 Å². The predicted molar refractivity (Wildman–Crippen MR) is 104 cm³/mol. The van der Waals surface area contributed by atoms with Gasteiger partial charge in [-0.1, -0.05) is 76.6 Å². The summed E-state index contributed by atoms with van der Waals surface area (Å²) in [5, 5.41) is 0. The van der Waals surface area contributed by atoms with Gasteiger partial charge in [0.25, 0.3) is 0 Å². The average Bonchev–Trinajstić information content (AvgIpc) is 2.56. The molecule has 0 aliphatic carbocycles. The Morgan fingerprint density at radius 1 is 0.917 bits per heavy atom. The van der Waals surface area contributed by atoms with Gasteiger partial charge in [-0.15, -0.1) is 0 Å². The number of benzene rings is 2. The fourth-order valence-corrected chi connectivity index (χ4v) is 3.32. The van der Waals surface area contributed by atoms with Crippen molar-refractivity contribution in [2.45, 2.75) is 53.4 Å². The normalized spacial score (nSPS) is 12.9. The predicted octanol–water partition coefficient (Wildman–Crippen LogP) is 6.10. The molecule has 0 aliphatic rings. The molecule has 1 nitrogen and oxygen atoms in total. The molecule has 2 rings (SSSR count). The second-order valence-corrected chi connectivity index (χ2v) is 7.86. The molecule has 0 heterocycles. The second-order valence-electron chi connectivity index (χ2n) is 7.86. The van der Waals surface area contributed by atoms with Gasteiger partial charge in [-0.2, -0.15) is 0 Å². The molecule has 2 aromatic rings. The fourth-order valence-electron chi connectivity index (χ4n) is 3.32. The van der Waals surface area contributed by atoms with Crippen LogP contribution in [0.15, 0.2) is 48.5 Å². The van der Waals surface area contributed by atoms with Crippen molar-refractivity contribution in [1.29, 1.82) is 0 Å². The zero-order chi connectivity index (χ0) is 17.6. The SMILES string of the molecule is CCC(C)Cc1ccc(CC(C)(C)Cc2ccccc2OC)cc1. The Morgan fingerprint density at radius 3 is 2.17 bits per heavy atom. The molecule has 130 valence electrons. The third kappa shape index (κ3) is 5.40. The van der Waals surface area contributed by atoms with Gasteiger partial charge >= 0.3 is 0 Å². The van der Waals surface area contributed by atoms with Crippen LogP contribution < -0.4 is 4.74 Å². The van der Waals surface area contributed by atoms with Crippen LogP contribution >= 0.6 is 0 Å². The van der Waals surface area contributed by atoms with Gasteiger partial charge in [0, 0.05) is 0 Å². The van der Waals surface area contributed by atoms with Crippen LogP contribution in [0.2, 0.25) is 0 Å². The average molecular weight is 325 g/mol. The van der Waals surface area contributed by atoms with Gasteiger partial charge in [-0.25, -0.2) is 0 Å². The minimum Gasteiger partial charge on any atom is -0.496 e. The van der Waals surface area contributed by atoms with Crippen LogP contribution in [0.3, 0.4) is 0 Å². The molecule has 0 amide bonds. The Hall–Kier alpha value is -1.76. The van der Waals surface area contributed by atoms with Gasteiger partial charge in [0.1, 0.15) is 5.75 Å². The summed E-state index contributed by atoms with van der Waals surface area (Å²) in [7, 11) is 1.75. The van der Waals surface area contributed by atoms with Crippen molar-refractivity contribution in [1.82, 2.24) is 0 Å². The summed E-state index contributed by atoms with van der Waals surface area (Å²) in [5.74, 6) is 1.76. The van der Waals surface area contributed by atoms with Gasteiger partial charge in [0.15, 0.2) is 0 Å². The molecule has 0 aromatic heterocycles. The van der Waals surface area contributed by atoms with Crippen LogP contribution in [0.1, 0.15) is 50.8 Å². The van der Waals surface area contributed by atoms with E-state index in [0.717, 1.165) is 24.5 Å². The summed E-state index contributed by atoms with van der Waals surface area (Å²) < 4.78 is 5.50. The molecular weight excluding hydrogens is 292 g/mol. The van der Waals surface area contributed by atoms with Gasteiger partial charge in [0.2, 0.25) is 0 Å². The topological polar surface area (TPSA) is 9.23 Å². The van der Waals surface area contributed by atoms with E-state index in [1.807, 2.05) is 6.07 Å². The molecule has 0 saturated heterocycles. The van der Waals surface area contributed by atoms with Gasteiger partial charge in [-0.3, -0.25) is 0 Å². The summed E-state index contributed by atoms with van der Waals surface area (Å²) in [6, 6.07) is 17.6. The molecule has 0 bridgehead atoms. The lowest BCUT2D eigenvalue weighted by Gasteiger charge is -2.26. The third-order valence-corrected chi connectivity index (χ3v) is 4.85. The lowest BCUT2D eigenvalue weighted by molar-refractivity contribution is 0.347. The van der Waals surface area contributed by atoms with E-state index < -0.39 is 0 Å². The first kappa shape index (κ1) is 18.6. The fraction of sp³-hybridized carbons (Fsp3) is 0.478. The van der Waals surface area contributed by atoms with Crippen molar-refractivity contribution < 1.29 is 4.74 Å². The number of hydrogen-bond donors (Lipinski definition) is 0. The summed E-state index contributed by atoms with van der Waals surface area (Å²) in [5.41, 5.74) is 4.36. The smallest absolute Gasteiger partial charge is 0.122 e. The van der Waals surface area contributed by atoms with Crippen LogP contribution in [0.4, 0.5) is 0 Å². The number of para-hydroxylation sites is 1. The highest BCUT2D eigenvalue weighted by Gasteiger charge is 2.21. The van der Waals surface area contributed by atoms with Crippen molar-refractivity contribution in [2.24, 2.45) is 11.3 Å². The minimum absolute atomic E-state index is 0.201. The maximum Gasteiger partial charge on any atom is 0.122 e. The Kier molecular flexibility index (Phi) is 6.48. The number of methoxy groups -OCH3 is 1. The number of rotatable bonds is 8. The summed E-state index contributed by atoms with van der Waals surface area (Å²) >= 11 is 0. The Labute approximate surface area is 148 Å². The first-order valence-corrected chi connectivity index (χ1v) is 9.13. The molecule has 1 unspecified atom stereocenters. The largest absolute Gasteiger partial charge is 0.496 e. The maximum atomic E-state index is 5.50. The Morgan fingerprint density at radius 2 is 1.54 bits per heavy atom. The third-order valence-electron chi connectivity index (χ3n) is 4.85. The van der Waals surface area contributed by atoms with E-state index in [0.29, 0.717) is 0 Å². The quantitative estimate of drug-likeness (QED) is 0.570. The highest BCUT2D eigenvalue weighted by Crippen LogP contribution is 2.31. The summed E-state index contributed by atoms with van der Waals surface area (Å²) in [4.78, 5) is 0. The van der Waals surface area contributed by atoms with Crippen molar-refractivity contribution >= 4 is 0 Å². The van der Waals surface area contributed by atoms with Crippen LogP contribution in [-0.4, -0.2) is 7.11 Å². The van der Waals surface area contributed by atoms with E-state index in [2.05, 4.69) is 70.2 Å². The highest BCUT2D eigenvalue weighted by molar-refractivity contribution is 5.34. The Balaban J connectivity index is 2.03. The zero-order valence-corrected chi connectivity index (χ0v) is 15.9. The lowest BCUT2D eigenvalue weighted by atomic mass is 9.80. The molecule has 24 heavy (non-hydrogen) atoms. The first-order chi connectivity index (χ1) is 11.4. The molecule has 0 N–H and O–H groups in total. The summed E-state index contributed by atoms with van der Waals surface area (Å²) in [6.45, 7) is 9.27. The molecule has 0 spiro atoms. The lowest BCUT2D eigenvalue weighted by Crippen LogP contribution is -2.19. The van der Waals surface area contributed by atoms with Crippen molar-refractivity contribution in [3.05, 3.63) is 65.2 Å². The van der Waals surface area contributed by atoms with E-state index in [1.165, 1.54) is 29.5 Å². The maximum absolute atomic E-state index is 5.50. The van der Waals surface area contributed by atoms with Gasteiger partial charge < -0.3 is 4.74 Å². The standard InChI is InChI=1S/C23H32O/c1-6-18(2)15-19-11-13-20(14-12-19)16-23(3,4)17-21-9-7-8-10-22(21)24-5/h7-14,18H,6,15-17H2,1-5H3. The van der Waals surface area contributed by atoms with E-state index in [9.17, 15) is 0 Å². The molecule has 0 aliphatic heterocycles. The van der Waals surface area contributed by atoms with Crippen LogP contribution in [0.25, 0.3) is 0 Å². The van der Waals surface area contributed by atoms with Crippen LogP contribution in [0.5, 0.6) is 5.75 Å². The zero-order valence-electron chi connectivity index (χ0n) is 15.9. The van der Waals surface area contributed by atoms with E-state index in [4.69, 9.17) is 4.74 Å². The highest BCUT2D eigenvalue weighted by atomic mass is 16.5. The molecule has 2 aromatic carbocycles. The van der Waals surface area contributed by atoms with Crippen molar-refractivity contribution in [3.8, 4) is 5.75 Å². The molecule has 0 saturated carbocycles. The minimum atomic E-state index is 0.201. The number of ether oxygens (including phenoxy) is 1. The monoisotopic (exact) mass is 324 g/mol. The van der Waals surface area contributed by atoms with E-state index in [1.54, 1.807) is 7.11 Å². The molecule has 1 heteroatoms. The van der Waals surface area contributed by atoms with E-state index >= 15 is 0 Å². The van der Waals surface area contributed by atoms with E-state index in [-0.39, 0.29) is 5.41 Å². The molecule has 0 radical (unpaired) electrons. The number of hydrogen-bond acceptors (Lipinski definition) is 1. The van der Waals surface area contributed by atoms with Crippen LogP contribution in [0, 0.1) is 11.3 Å². The summed E-state index contributed by atoms with van der Waals surface area (Å²) in [6.07, 6.45) is 4.52. The first-order valence-electron chi connectivity index (χ1n) is 9.13. The van der Waals surface area contributed by atoms with Gasteiger partial charge in [0.05, 0.1) is 7.11 Å². The Bertz CT molecular complexity index is 625. The van der Waals surface area contributed by atoms with Crippen molar-refractivity contribution in [2.75, 3.05) is 7.11 Å². The molecular formula is C23H32O. The van der Waals surface area contributed by atoms with Gasteiger partial charge in [-0.05, 0) is 53.4 Å². The molecule has 0 fully saturated rings.